The Labute approximate surface area is 309 Å². The average Bonchev–Trinajstić information content (AvgIpc) is 3.07. The number of benzene rings is 1. The number of amides is 6. The van der Waals surface area contributed by atoms with Crippen LogP contribution in [0.2, 0.25) is 0 Å². The number of carboxylic acids is 2. The molecule has 0 saturated heterocycles. The van der Waals surface area contributed by atoms with E-state index in [-0.39, 0.29) is 63.2 Å². The fraction of sp³-hybridized carbons (Fsp3) is 0.600. The van der Waals surface area contributed by atoms with E-state index in [2.05, 4.69) is 31.9 Å². The summed E-state index contributed by atoms with van der Waals surface area (Å²) >= 11 is 0. The van der Waals surface area contributed by atoms with E-state index >= 15 is 0 Å². The summed E-state index contributed by atoms with van der Waals surface area (Å²) in [5.41, 5.74) is 6.20. The number of urea groups is 1. The van der Waals surface area contributed by atoms with Crippen molar-refractivity contribution in [2.45, 2.75) is 117 Å². The van der Waals surface area contributed by atoms with Crippen LogP contribution in [0.1, 0.15) is 85.6 Å². The quantitative estimate of drug-likeness (QED) is 0.0528. The topological polar surface area (TPSA) is 284 Å². The first kappa shape index (κ1) is 45.8. The first-order valence-electron chi connectivity index (χ1n) is 17.5. The highest BCUT2D eigenvalue weighted by molar-refractivity contribution is 5.99. The maximum atomic E-state index is 13.7. The van der Waals surface area contributed by atoms with Crippen LogP contribution in [0.4, 0.5) is 10.5 Å². The number of hydrogen-bond donors (Lipinski definition) is 9. The highest BCUT2D eigenvalue weighted by Gasteiger charge is 2.33. The van der Waals surface area contributed by atoms with Crippen LogP contribution in [0.15, 0.2) is 24.3 Å². The lowest BCUT2D eigenvalue weighted by Crippen LogP contribution is -2.59. The Morgan fingerprint density at radius 2 is 1.23 bits per heavy atom. The van der Waals surface area contributed by atoms with Gasteiger partial charge in [0.2, 0.25) is 23.6 Å². The van der Waals surface area contributed by atoms with Crippen molar-refractivity contribution in [3.63, 3.8) is 0 Å². The van der Waals surface area contributed by atoms with Gasteiger partial charge in [0.25, 0.3) is 0 Å². The molecule has 0 aliphatic rings. The molecular weight excluding hydrogens is 694 g/mol. The van der Waals surface area contributed by atoms with Crippen molar-refractivity contribution in [2.24, 2.45) is 17.6 Å². The smallest absolute Gasteiger partial charge is 0.312 e. The van der Waals surface area contributed by atoms with Crippen molar-refractivity contribution >= 4 is 53.3 Å². The van der Waals surface area contributed by atoms with Gasteiger partial charge in [-0.15, -0.1) is 0 Å². The minimum Gasteiger partial charge on any atom is -0.481 e. The summed E-state index contributed by atoms with van der Waals surface area (Å²) in [6, 6.07) is 0.714. The van der Waals surface area contributed by atoms with E-state index in [0.717, 1.165) is 0 Å². The maximum absolute atomic E-state index is 13.7. The first-order valence-corrected chi connectivity index (χ1v) is 17.5. The third-order valence-electron chi connectivity index (χ3n) is 7.70. The lowest BCUT2D eigenvalue weighted by molar-refractivity contribution is -0.148. The van der Waals surface area contributed by atoms with Crippen molar-refractivity contribution in [3.8, 4) is 0 Å². The van der Waals surface area contributed by atoms with Gasteiger partial charge in [-0.2, -0.15) is 0 Å². The second-order valence-corrected chi connectivity index (χ2v) is 13.5. The molecule has 1 aromatic carbocycles. The number of rotatable bonds is 24. The summed E-state index contributed by atoms with van der Waals surface area (Å²) in [5.74, 6) is -6.49. The molecule has 0 spiro atoms. The van der Waals surface area contributed by atoms with Gasteiger partial charge in [-0.25, -0.2) is 4.79 Å². The highest BCUT2D eigenvalue weighted by Crippen LogP contribution is 2.14. The monoisotopic (exact) mass is 749 g/mol. The number of aliphatic carboxylic acids is 2. The molecule has 53 heavy (non-hydrogen) atoms. The number of nitrogens with two attached hydrogens (primary N) is 1. The van der Waals surface area contributed by atoms with Crippen molar-refractivity contribution in [3.05, 3.63) is 29.8 Å². The van der Waals surface area contributed by atoms with E-state index in [1.807, 2.05) is 0 Å². The molecule has 10 N–H and O–H groups in total. The predicted molar refractivity (Wildman–Crippen MR) is 193 cm³/mol. The van der Waals surface area contributed by atoms with Crippen molar-refractivity contribution in [1.29, 1.82) is 0 Å². The second kappa shape index (κ2) is 23.3. The fourth-order valence-corrected chi connectivity index (χ4v) is 4.84. The summed E-state index contributed by atoms with van der Waals surface area (Å²) in [4.78, 5) is 99.3. The number of hydrogen-bond acceptors (Lipinski definition) is 10. The molecule has 0 heterocycles. The molecule has 0 fully saturated rings. The zero-order valence-electron chi connectivity index (χ0n) is 31.2. The molecule has 0 saturated carbocycles. The molecule has 0 aliphatic heterocycles. The summed E-state index contributed by atoms with van der Waals surface area (Å²) in [5, 5.41) is 34.2. The van der Waals surface area contributed by atoms with Crippen molar-refractivity contribution in [1.82, 2.24) is 26.6 Å². The summed E-state index contributed by atoms with van der Waals surface area (Å²) in [7, 11) is 0. The number of primary amides is 1. The molecule has 0 aliphatic carbocycles. The molecule has 1 aromatic rings. The lowest BCUT2D eigenvalue weighted by atomic mass is 10.0. The summed E-state index contributed by atoms with van der Waals surface area (Å²) < 4.78 is 5.22. The minimum absolute atomic E-state index is 0.0417. The number of carboxylic acid groups (broad SMARTS) is 2. The van der Waals surface area contributed by atoms with Crippen LogP contribution in [0, 0.1) is 11.8 Å². The normalized spacial score (nSPS) is 13.3. The highest BCUT2D eigenvalue weighted by atomic mass is 16.5. The SMILES string of the molecule is CC(C)N[C@H](CCC(=O)O)C(=O)N[C@H](CCC(=O)O)C(=O)N[C@H](C(=O)N[C@@H](CCCNC(N)=O)C(=O)Nc1ccc(COC(=O)C(C)C)cc1)C(C)C. The standard InChI is InChI=1S/C35H55N7O11/c1-19(2)29(42-32(49)26(14-16-28(45)46)40-31(48)25(38-21(5)6)13-15-27(43)44)33(50)41-24(8-7-17-37-35(36)52)30(47)39-23-11-9-22(10-12-23)18-53-34(51)20(3)4/h9-12,19-21,24-26,29,38H,7-8,13-18H2,1-6H3,(H,39,47)(H,40,48)(H,41,50)(H,42,49)(H,43,44)(H,45,46)(H3,36,37,52)/t24-,25+,26+,29-/m0/s1. The number of esters is 1. The Morgan fingerprint density at radius 3 is 1.74 bits per heavy atom. The number of nitrogens with one attached hydrogen (secondary N) is 6. The molecule has 0 bridgehead atoms. The van der Waals surface area contributed by atoms with Crippen molar-refractivity contribution < 1.29 is 53.3 Å². The molecule has 0 aromatic heterocycles. The summed E-state index contributed by atoms with van der Waals surface area (Å²) in [6.07, 6.45) is -0.981. The van der Waals surface area contributed by atoms with E-state index in [0.29, 0.717) is 11.3 Å². The van der Waals surface area contributed by atoms with Crippen LogP contribution in [0.25, 0.3) is 0 Å². The largest absolute Gasteiger partial charge is 0.481 e. The first-order chi connectivity index (χ1) is 24.8. The third kappa shape index (κ3) is 18.7. The molecule has 4 atom stereocenters. The van der Waals surface area contributed by atoms with E-state index < -0.39 is 78.1 Å². The Morgan fingerprint density at radius 1 is 0.698 bits per heavy atom. The molecular formula is C35H55N7O11. The van der Waals surface area contributed by atoms with Gasteiger partial charge in [0, 0.05) is 31.1 Å². The fourth-order valence-electron chi connectivity index (χ4n) is 4.84. The molecule has 1 rings (SSSR count). The molecule has 0 unspecified atom stereocenters. The molecule has 6 amide bonds. The number of carbonyl (C=O) groups excluding carboxylic acids is 6. The van der Waals surface area contributed by atoms with Crippen LogP contribution in [-0.4, -0.2) is 94.5 Å². The van der Waals surface area contributed by atoms with Crippen LogP contribution in [-0.2, 0) is 44.9 Å². The Bertz CT molecular complexity index is 1420. The Hall–Kier alpha value is -5.26. The van der Waals surface area contributed by atoms with Gasteiger partial charge < -0.3 is 52.6 Å². The van der Waals surface area contributed by atoms with Gasteiger partial charge in [0.15, 0.2) is 0 Å². The Kier molecular flexibility index (Phi) is 20.1. The number of ether oxygens (including phenoxy) is 1. The molecule has 18 heteroatoms. The van der Waals surface area contributed by atoms with E-state index in [9.17, 15) is 43.5 Å². The Balaban J connectivity index is 3.18. The second-order valence-electron chi connectivity index (χ2n) is 13.5. The lowest BCUT2D eigenvalue weighted by Gasteiger charge is -2.28. The van der Waals surface area contributed by atoms with Crippen LogP contribution in [0.3, 0.4) is 0 Å². The number of carbonyl (C=O) groups is 8. The maximum Gasteiger partial charge on any atom is 0.312 e. The van der Waals surface area contributed by atoms with Crippen LogP contribution in [0.5, 0.6) is 0 Å². The van der Waals surface area contributed by atoms with Gasteiger partial charge in [-0.1, -0.05) is 53.7 Å². The van der Waals surface area contributed by atoms with Gasteiger partial charge in [0.05, 0.1) is 12.0 Å². The van der Waals surface area contributed by atoms with Gasteiger partial charge >= 0.3 is 23.9 Å². The average molecular weight is 750 g/mol. The molecule has 0 radical (unpaired) electrons. The zero-order chi connectivity index (χ0) is 40.2. The minimum atomic E-state index is -1.40. The molecule has 18 nitrogen and oxygen atoms in total. The van der Waals surface area contributed by atoms with Gasteiger partial charge in [-0.05, 0) is 49.3 Å². The summed E-state index contributed by atoms with van der Waals surface area (Å²) in [6.45, 7) is 10.3. The van der Waals surface area contributed by atoms with E-state index in [4.69, 9.17) is 15.6 Å². The van der Waals surface area contributed by atoms with Crippen LogP contribution >= 0.6 is 0 Å². The van der Waals surface area contributed by atoms with E-state index in [1.165, 1.54) is 0 Å². The predicted octanol–water partition coefficient (Wildman–Crippen LogP) is 0.979. The van der Waals surface area contributed by atoms with Crippen molar-refractivity contribution in [2.75, 3.05) is 11.9 Å². The van der Waals surface area contributed by atoms with Crippen LogP contribution < -0.4 is 37.6 Å². The third-order valence-corrected chi connectivity index (χ3v) is 7.70. The number of anilines is 1. The van der Waals surface area contributed by atoms with Gasteiger partial charge in [-0.3, -0.25) is 33.6 Å². The zero-order valence-corrected chi connectivity index (χ0v) is 31.2. The molecule has 296 valence electrons. The van der Waals surface area contributed by atoms with Gasteiger partial charge in [0.1, 0.15) is 24.7 Å². The van der Waals surface area contributed by atoms with E-state index in [1.54, 1.807) is 65.8 Å².